The normalized spacial score (nSPS) is 10.2. The molecule has 0 bridgehead atoms. The second kappa shape index (κ2) is 9.41. The van der Waals surface area contributed by atoms with E-state index in [1.807, 2.05) is 6.07 Å². The van der Waals surface area contributed by atoms with Crippen LogP contribution >= 0.6 is 0 Å². The molecule has 0 aliphatic rings. The Hall–Kier alpha value is -3.80. The summed E-state index contributed by atoms with van der Waals surface area (Å²) in [5.41, 5.74) is 1.28. The molecule has 0 saturated carbocycles. The minimum Gasteiger partial charge on any atom is -0.426 e. The maximum atomic E-state index is 13.0. The summed E-state index contributed by atoms with van der Waals surface area (Å²) in [6.45, 7) is 0.147. The molecule has 0 radical (unpaired) electrons. The van der Waals surface area contributed by atoms with Crippen molar-refractivity contribution in [1.82, 2.24) is 5.32 Å². The van der Waals surface area contributed by atoms with Gasteiger partial charge in [0, 0.05) is 23.2 Å². The fourth-order valence-electron chi connectivity index (χ4n) is 2.59. The van der Waals surface area contributed by atoms with Gasteiger partial charge in [0.25, 0.3) is 5.91 Å². The summed E-state index contributed by atoms with van der Waals surface area (Å²) in [6, 6.07) is 20.1. The zero-order chi connectivity index (χ0) is 20.6. The summed E-state index contributed by atoms with van der Waals surface area (Å²) in [5.74, 6) is -1.15. The molecule has 146 valence electrons. The molecule has 5 nitrogen and oxygen atoms in total. The molecular formula is C23H18FNO4. The summed E-state index contributed by atoms with van der Waals surface area (Å²) < 4.78 is 18.2. The molecule has 0 aliphatic heterocycles. The Bertz CT molecular complexity index is 999. The van der Waals surface area contributed by atoms with E-state index in [1.54, 1.807) is 24.3 Å². The fourth-order valence-corrected chi connectivity index (χ4v) is 2.59. The molecule has 0 atom stereocenters. The number of carbonyl (C=O) groups is 3. The Kier molecular flexibility index (Phi) is 6.47. The van der Waals surface area contributed by atoms with E-state index in [1.165, 1.54) is 48.5 Å². The fraction of sp³-hybridized carbons (Fsp3) is 0.0870. The van der Waals surface area contributed by atoms with Crippen LogP contribution in [-0.2, 0) is 4.79 Å². The zero-order valence-corrected chi connectivity index (χ0v) is 15.4. The minimum atomic E-state index is -0.504. The van der Waals surface area contributed by atoms with Crippen LogP contribution < -0.4 is 10.1 Å². The number of hydrogen-bond donors (Lipinski definition) is 1. The molecule has 3 aromatic rings. The SMILES string of the molecule is O=C(CCNC(=O)c1ccccc1)Oc1ccc(C(=O)c2ccc(F)cc2)cc1. The summed E-state index contributed by atoms with van der Waals surface area (Å²) in [7, 11) is 0. The highest BCUT2D eigenvalue weighted by molar-refractivity contribution is 6.09. The maximum absolute atomic E-state index is 13.0. The summed E-state index contributed by atoms with van der Waals surface area (Å²) in [5, 5.41) is 2.65. The van der Waals surface area contributed by atoms with Crippen LogP contribution in [0.1, 0.15) is 32.7 Å². The first-order chi connectivity index (χ1) is 14.0. The van der Waals surface area contributed by atoms with E-state index in [9.17, 15) is 18.8 Å². The van der Waals surface area contributed by atoms with Crippen LogP contribution in [0.2, 0.25) is 0 Å². The van der Waals surface area contributed by atoms with Gasteiger partial charge < -0.3 is 10.1 Å². The Morgan fingerprint density at radius 2 is 1.34 bits per heavy atom. The first kappa shape index (κ1) is 19.9. The van der Waals surface area contributed by atoms with Gasteiger partial charge >= 0.3 is 5.97 Å². The van der Waals surface area contributed by atoms with Crippen molar-refractivity contribution in [1.29, 1.82) is 0 Å². The summed E-state index contributed by atoms with van der Waals surface area (Å²) >= 11 is 0. The first-order valence-corrected chi connectivity index (χ1v) is 8.97. The lowest BCUT2D eigenvalue weighted by Crippen LogP contribution is -2.27. The average Bonchev–Trinajstić information content (AvgIpc) is 2.75. The lowest BCUT2D eigenvalue weighted by atomic mass is 10.0. The summed E-state index contributed by atoms with van der Waals surface area (Å²) in [6.07, 6.45) is 0.00876. The van der Waals surface area contributed by atoms with Crippen molar-refractivity contribution >= 4 is 17.7 Å². The van der Waals surface area contributed by atoms with E-state index < -0.39 is 11.8 Å². The van der Waals surface area contributed by atoms with Gasteiger partial charge in [-0.15, -0.1) is 0 Å². The van der Waals surface area contributed by atoms with E-state index in [2.05, 4.69) is 5.32 Å². The number of benzene rings is 3. The van der Waals surface area contributed by atoms with Crippen LogP contribution in [0.4, 0.5) is 4.39 Å². The number of ether oxygens (including phenoxy) is 1. The van der Waals surface area contributed by atoms with Crippen molar-refractivity contribution in [3.63, 3.8) is 0 Å². The van der Waals surface area contributed by atoms with E-state index in [4.69, 9.17) is 4.74 Å². The quantitative estimate of drug-likeness (QED) is 0.378. The molecule has 6 heteroatoms. The molecule has 0 unspecified atom stereocenters. The highest BCUT2D eigenvalue weighted by Gasteiger charge is 2.11. The van der Waals surface area contributed by atoms with Gasteiger partial charge in [-0.25, -0.2) is 4.39 Å². The molecular weight excluding hydrogens is 373 g/mol. The molecule has 29 heavy (non-hydrogen) atoms. The third-order valence-electron chi connectivity index (χ3n) is 4.11. The third-order valence-corrected chi connectivity index (χ3v) is 4.11. The van der Waals surface area contributed by atoms with Gasteiger partial charge in [-0.1, -0.05) is 18.2 Å². The number of esters is 1. The maximum Gasteiger partial charge on any atom is 0.312 e. The van der Waals surface area contributed by atoms with Crippen LogP contribution in [0.3, 0.4) is 0 Å². The van der Waals surface area contributed by atoms with Gasteiger partial charge in [0.2, 0.25) is 0 Å². The standard InChI is InChI=1S/C23H18FNO4/c24-19-10-6-16(7-11-19)22(27)17-8-12-20(13-9-17)29-21(26)14-15-25-23(28)18-4-2-1-3-5-18/h1-13H,14-15H2,(H,25,28). The van der Waals surface area contributed by atoms with Crippen LogP contribution in [0.25, 0.3) is 0 Å². The Morgan fingerprint density at radius 1 is 0.759 bits per heavy atom. The van der Waals surface area contributed by atoms with Gasteiger partial charge in [-0.2, -0.15) is 0 Å². The van der Waals surface area contributed by atoms with Crippen LogP contribution in [0.15, 0.2) is 78.9 Å². The molecule has 0 fully saturated rings. The molecule has 0 heterocycles. The number of carbonyl (C=O) groups excluding carboxylic acids is 3. The molecule has 0 saturated heterocycles. The summed E-state index contributed by atoms with van der Waals surface area (Å²) in [4.78, 5) is 36.2. The molecule has 1 amide bonds. The van der Waals surface area contributed by atoms with Crippen molar-refractivity contribution < 1.29 is 23.5 Å². The number of halogens is 1. The van der Waals surface area contributed by atoms with E-state index in [0.717, 1.165) is 0 Å². The van der Waals surface area contributed by atoms with E-state index in [-0.39, 0.29) is 24.7 Å². The first-order valence-electron chi connectivity index (χ1n) is 8.97. The van der Waals surface area contributed by atoms with Crippen LogP contribution in [0.5, 0.6) is 5.75 Å². The Labute approximate surface area is 167 Å². The predicted octanol–water partition coefficient (Wildman–Crippen LogP) is 3.78. The van der Waals surface area contributed by atoms with Gasteiger partial charge in [0.15, 0.2) is 5.78 Å². The van der Waals surface area contributed by atoms with Crippen molar-refractivity contribution in [2.45, 2.75) is 6.42 Å². The molecule has 0 aromatic heterocycles. The monoisotopic (exact) mass is 391 g/mol. The second-order valence-electron chi connectivity index (χ2n) is 6.21. The van der Waals surface area contributed by atoms with Crippen molar-refractivity contribution in [2.75, 3.05) is 6.54 Å². The second-order valence-corrected chi connectivity index (χ2v) is 6.21. The smallest absolute Gasteiger partial charge is 0.312 e. The predicted molar refractivity (Wildman–Crippen MR) is 105 cm³/mol. The highest BCUT2D eigenvalue weighted by atomic mass is 19.1. The van der Waals surface area contributed by atoms with Gasteiger partial charge in [-0.3, -0.25) is 14.4 Å². The van der Waals surface area contributed by atoms with E-state index >= 15 is 0 Å². The highest BCUT2D eigenvalue weighted by Crippen LogP contribution is 2.16. The van der Waals surface area contributed by atoms with Gasteiger partial charge in [-0.05, 0) is 60.7 Å². The number of hydrogen-bond acceptors (Lipinski definition) is 4. The van der Waals surface area contributed by atoms with Crippen molar-refractivity contribution in [3.05, 3.63) is 101 Å². The topological polar surface area (TPSA) is 72.5 Å². The largest absolute Gasteiger partial charge is 0.426 e. The Balaban J connectivity index is 1.49. The molecule has 3 aromatic carbocycles. The third kappa shape index (κ3) is 5.59. The molecule has 1 N–H and O–H groups in total. The molecule has 0 aliphatic carbocycles. The van der Waals surface area contributed by atoms with Crippen molar-refractivity contribution in [3.8, 4) is 5.75 Å². The number of amides is 1. The minimum absolute atomic E-state index is 0.00876. The molecule has 3 rings (SSSR count). The van der Waals surface area contributed by atoms with E-state index in [0.29, 0.717) is 22.4 Å². The average molecular weight is 391 g/mol. The number of rotatable bonds is 7. The number of ketones is 1. The van der Waals surface area contributed by atoms with Crippen LogP contribution in [-0.4, -0.2) is 24.2 Å². The zero-order valence-electron chi connectivity index (χ0n) is 15.4. The van der Waals surface area contributed by atoms with Gasteiger partial charge in [0.1, 0.15) is 11.6 Å². The van der Waals surface area contributed by atoms with Gasteiger partial charge in [0.05, 0.1) is 6.42 Å². The lowest BCUT2D eigenvalue weighted by Gasteiger charge is -2.07. The lowest BCUT2D eigenvalue weighted by molar-refractivity contribution is -0.134. The molecule has 0 spiro atoms. The number of nitrogens with one attached hydrogen (secondary N) is 1. The van der Waals surface area contributed by atoms with Crippen LogP contribution in [0, 0.1) is 5.82 Å². The Morgan fingerprint density at radius 3 is 1.97 bits per heavy atom. The van der Waals surface area contributed by atoms with Crippen molar-refractivity contribution in [2.24, 2.45) is 0 Å².